The molecule has 2 aromatic heterocycles. The number of aromatic nitrogens is 2. The van der Waals surface area contributed by atoms with Gasteiger partial charge in [0.25, 0.3) is 0 Å². The fourth-order valence-electron chi connectivity index (χ4n) is 2.41. The summed E-state index contributed by atoms with van der Waals surface area (Å²) in [6.07, 6.45) is 6.36. The van der Waals surface area contributed by atoms with Gasteiger partial charge in [-0.1, -0.05) is 18.2 Å². The van der Waals surface area contributed by atoms with E-state index in [4.69, 9.17) is 4.42 Å². The van der Waals surface area contributed by atoms with Crippen molar-refractivity contribution in [1.82, 2.24) is 9.78 Å². The Bertz CT molecular complexity index is 659. The lowest BCUT2D eigenvalue weighted by Crippen LogP contribution is -2.19. The van der Waals surface area contributed by atoms with E-state index < -0.39 is 0 Å². The van der Waals surface area contributed by atoms with Crippen LogP contribution in [0.3, 0.4) is 0 Å². The first-order valence-corrected chi connectivity index (χ1v) is 7.15. The van der Waals surface area contributed by atoms with Crippen molar-refractivity contribution in [1.29, 1.82) is 0 Å². The van der Waals surface area contributed by atoms with E-state index in [1.165, 1.54) is 5.56 Å². The fraction of sp³-hybridized carbons (Fsp3) is 0.235. The molecule has 4 nitrogen and oxygen atoms in total. The molecular formula is C17H19N3O. The summed E-state index contributed by atoms with van der Waals surface area (Å²) in [5.41, 5.74) is 2.37. The SMILES string of the molecule is CC(Cc1ccco1)Nc1ccccc1Cn1cccn1. The maximum absolute atomic E-state index is 5.40. The van der Waals surface area contributed by atoms with Gasteiger partial charge in [0.2, 0.25) is 0 Å². The predicted octanol–water partition coefficient (Wildman–Crippen LogP) is 3.57. The summed E-state index contributed by atoms with van der Waals surface area (Å²) in [5, 5.41) is 7.83. The van der Waals surface area contributed by atoms with Gasteiger partial charge < -0.3 is 9.73 Å². The van der Waals surface area contributed by atoms with E-state index in [2.05, 4.69) is 41.6 Å². The molecule has 0 aliphatic heterocycles. The summed E-state index contributed by atoms with van der Waals surface area (Å²) in [7, 11) is 0. The Balaban J connectivity index is 1.69. The molecule has 0 bridgehead atoms. The highest BCUT2D eigenvalue weighted by molar-refractivity contribution is 5.51. The molecule has 0 saturated carbocycles. The summed E-state index contributed by atoms with van der Waals surface area (Å²) in [4.78, 5) is 0. The highest BCUT2D eigenvalue weighted by Gasteiger charge is 2.09. The van der Waals surface area contributed by atoms with Crippen molar-refractivity contribution < 1.29 is 4.42 Å². The number of anilines is 1. The Morgan fingerprint density at radius 1 is 1.19 bits per heavy atom. The van der Waals surface area contributed by atoms with Crippen LogP contribution < -0.4 is 5.32 Å². The second-order valence-electron chi connectivity index (χ2n) is 5.19. The van der Waals surface area contributed by atoms with Gasteiger partial charge in [0.05, 0.1) is 12.8 Å². The molecule has 0 aliphatic rings. The maximum Gasteiger partial charge on any atom is 0.105 e. The van der Waals surface area contributed by atoms with E-state index in [-0.39, 0.29) is 0 Å². The van der Waals surface area contributed by atoms with E-state index in [1.54, 1.807) is 12.5 Å². The highest BCUT2D eigenvalue weighted by Crippen LogP contribution is 2.18. The summed E-state index contributed by atoms with van der Waals surface area (Å²) < 4.78 is 7.33. The van der Waals surface area contributed by atoms with Gasteiger partial charge in [-0.3, -0.25) is 4.68 Å². The molecule has 3 rings (SSSR count). The zero-order valence-corrected chi connectivity index (χ0v) is 12.1. The third kappa shape index (κ3) is 3.54. The van der Waals surface area contributed by atoms with Gasteiger partial charge in [-0.05, 0) is 36.8 Å². The fourth-order valence-corrected chi connectivity index (χ4v) is 2.41. The molecule has 1 aromatic carbocycles. The quantitative estimate of drug-likeness (QED) is 0.751. The number of benzene rings is 1. The zero-order chi connectivity index (χ0) is 14.5. The molecule has 0 radical (unpaired) electrons. The van der Waals surface area contributed by atoms with Crippen molar-refractivity contribution in [2.24, 2.45) is 0 Å². The monoisotopic (exact) mass is 281 g/mol. The zero-order valence-electron chi connectivity index (χ0n) is 12.1. The molecule has 0 fully saturated rings. The van der Waals surface area contributed by atoms with E-state index >= 15 is 0 Å². The second kappa shape index (κ2) is 6.31. The molecule has 0 saturated heterocycles. The minimum absolute atomic E-state index is 0.301. The molecule has 0 aliphatic carbocycles. The highest BCUT2D eigenvalue weighted by atomic mass is 16.3. The van der Waals surface area contributed by atoms with Crippen molar-refractivity contribution >= 4 is 5.69 Å². The normalized spacial score (nSPS) is 12.2. The van der Waals surface area contributed by atoms with E-state index in [0.717, 1.165) is 24.4 Å². The van der Waals surface area contributed by atoms with Gasteiger partial charge in [-0.2, -0.15) is 5.10 Å². The molecular weight excluding hydrogens is 262 g/mol. The van der Waals surface area contributed by atoms with E-state index in [1.807, 2.05) is 29.1 Å². The molecule has 108 valence electrons. The predicted molar refractivity (Wildman–Crippen MR) is 83.3 cm³/mol. The Kier molecular flexibility index (Phi) is 4.05. The molecule has 3 aromatic rings. The number of hydrogen-bond acceptors (Lipinski definition) is 3. The van der Waals surface area contributed by atoms with E-state index in [9.17, 15) is 0 Å². The topological polar surface area (TPSA) is 43.0 Å². The number of furan rings is 1. The first-order valence-electron chi connectivity index (χ1n) is 7.15. The first kappa shape index (κ1) is 13.5. The lowest BCUT2D eigenvalue weighted by Gasteiger charge is -2.17. The molecule has 1 atom stereocenters. The van der Waals surface area contributed by atoms with Crippen LogP contribution in [0.2, 0.25) is 0 Å². The maximum atomic E-state index is 5.40. The molecule has 0 amide bonds. The van der Waals surface area contributed by atoms with Crippen LogP contribution in [0, 0.1) is 0 Å². The van der Waals surface area contributed by atoms with Crippen LogP contribution in [0.5, 0.6) is 0 Å². The minimum atomic E-state index is 0.301. The number of nitrogens with zero attached hydrogens (tertiary/aromatic N) is 2. The van der Waals surface area contributed by atoms with Crippen LogP contribution in [0.15, 0.2) is 65.5 Å². The Morgan fingerprint density at radius 3 is 2.86 bits per heavy atom. The van der Waals surface area contributed by atoms with Gasteiger partial charge in [0.1, 0.15) is 5.76 Å². The van der Waals surface area contributed by atoms with Crippen molar-refractivity contribution in [2.75, 3.05) is 5.32 Å². The van der Waals surface area contributed by atoms with Crippen molar-refractivity contribution in [3.05, 3.63) is 72.4 Å². The number of hydrogen-bond donors (Lipinski definition) is 1. The standard InChI is InChI=1S/C17H19N3O/c1-14(12-16-7-4-11-21-16)19-17-8-3-2-6-15(17)13-20-10-5-9-18-20/h2-11,14,19H,12-13H2,1H3. The summed E-state index contributed by atoms with van der Waals surface area (Å²) in [6, 6.07) is 14.5. The Labute approximate surface area is 124 Å². The van der Waals surface area contributed by atoms with Crippen LogP contribution >= 0.6 is 0 Å². The lowest BCUT2D eigenvalue weighted by atomic mass is 10.1. The minimum Gasteiger partial charge on any atom is -0.469 e. The molecule has 4 heteroatoms. The van der Waals surface area contributed by atoms with Crippen LogP contribution in [-0.2, 0) is 13.0 Å². The van der Waals surface area contributed by atoms with Gasteiger partial charge in [0.15, 0.2) is 0 Å². The van der Waals surface area contributed by atoms with Gasteiger partial charge in [-0.15, -0.1) is 0 Å². The average Bonchev–Trinajstić information content (AvgIpc) is 3.14. The Hall–Kier alpha value is -2.49. The number of nitrogens with one attached hydrogen (secondary N) is 1. The Morgan fingerprint density at radius 2 is 2.10 bits per heavy atom. The summed E-state index contributed by atoms with van der Waals surface area (Å²) in [5.74, 6) is 1.000. The first-order chi connectivity index (χ1) is 10.3. The van der Waals surface area contributed by atoms with Gasteiger partial charge in [0, 0.05) is 30.5 Å². The van der Waals surface area contributed by atoms with Crippen LogP contribution in [0.25, 0.3) is 0 Å². The number of para-hydroxylation sites is 1. The van der Waals surface area contributed by atoms with Crippen molar-refractivity contribution in [2.45, 2.75) is 25.9 Å². The van der Waals surface area contributed by atoms with Crippen LogP contribution in [0.1, 0.15) is 18.2 Å². The molecule has 2 heterocycles. The van der Waals surface area contributed by atoms with E-state index in [0.29, 0.717) is 6.04 Å². The van der Waals surface area contributed by atoms with Crippen LogP contribution in [0.4, 0.5) is 5.69 Å². The smallest absolute Gasteiger partial charge is 0.105 e. The molecule has 1 unspecified atom stereocenters. The number of rotatable bonds is 6. The van der Waals surface area contributed by atoms with Crippen LogP contribution in [-0.4, -0.2) is 15.8 Å². The third-order valence-corrected chi connectivity index (χ3v) is 3.40. The average molecular weight is 281 g/mol. The molecule has 21 heavy (non-hydrogen) atoms. The van der Waals surface area contributed by atoms with Gasteiger partial charge in [-0.25, -0.2) is 0 Å². The molecule has 1 N–H and O–H groups in total. The molecule has 0 spiro atoms. The summed E-state index contributed by atoms with van der Waals surface area (Å²) in [6.45, 7) is 2.93. The van der Waals surface area contributed by atoms with Crippen molar-refractivity contribution in [3.63, 3.8) is 0 Å². The van der Waals surface area contributed by atoms with Gasteiger partial charge >= 0.3 is 0 Å². The second-order valence-corrected chi connectivity index (χ2v) is 5.19. The lowest BCUT2D eigenvalue weighted by molar-refractivity contribution is 0.497. The summed E-state index contributed by atoms with van der Waals surface area (Å²) >= 11 is 0. The largest absolute Gasteiger partial charge is 0.469 e. The third-order valence-electron chi connectivity index (χ3n) is 3.40. The van der Waals surface area contributed by atoms with Crippen molar-refractivity contribution in [3.8, 4) is 0 Å².